The van der Waals surface area contributed by atoms with E-state index in [4.69, 9.17) is 0 Å². The lowest BCUT2D eigenvalue weighted by molar-refractivity contribution is -0.116. The van der Waals surface area contributed by atoms with E-state index in [1.165, 1.54) is 11.3 Å². The molecule has 0 radical (unpaired) electrons. The summed E-state index contributed by atoms with van der Waals surface area (Å²) in [5.74, 6) is 0.528. The fraction of sp³-hybridized carbons (Fsp3) is 0.522. The van der Waals surface area contributed by atoms with Gasteiger partial charge in [0, 0.05) is 23.3 Å². The molecular formula is C23H34N4O2S. The molecule has 2 rings (SSSR count). The Morgan fingerprint density at radius 1 is 1.03 bits per heavy atom. The van der Waals surface area contributed by atoms with E-state index in [1.54, 1.807) is 11.1 Å². The number of aryl methyl sites for hydroxylation is 1. The van der Waals surface area contributed by atoms with Crippen LogP contribution in [0.1, 0.15) is 69.4 Å². The van der Waals surface area contributed by atoms with Crippen LogP contribution in [0.15, 0.2) is 24.4 Å². The zero-order chi connectivity index (χ0) is 22.4. The first-order chi connectivity index (χ1) is 14.1. The van der Waals surface area contributed by atoms with Crippen LogP contribution in [0, 0.1) is 12.8 Å². The third kappa shape index (κ3) is 6.55. The molecule has 0 saturated carbocycles. The van der Waals surface area contributed by atoms with E-state index in [2.05, 4.69) is 55.4 Å². The molecule has 1 aromatic carbocycles. The molecule has 0 atom stereocenters. The highest BCUT2D eigenvalue weighted by atomic mass is 32.1. The second-order valence-electron chi connectivity index (χ2n) is 8.65. The minimum atomic E-state index is -0.260. The zero-order valence-electron chi connectivity index (χ0n) is 19.1. The Kier molecular flexibility index (Phi) is 8.41. The fourth-order valence-corrected chi connectivity index (χ4v) is 3.97. The summed E-state index contributed by atoms with van der Waals surface area (Å²) in [5, 5.41) is 6.46. The van der Waals surface area contributed by atoms with Gasteiger partial charge in [-0.1, -0.05) is 59.7 Å². The smallest absolute Gasteiger partial charge is 0.315 e. The summed E-state index contributed by atoms with van der Waals surface area (Å²) in [6.45, 7) is 14.9. The molecule has 0 fully saturated rings. The Balaban J connectivity index is 2.22. The van der Waals surface area contributed by atoms with Crippen molar-refractivity contribution in [1.82, 2.24) is 9.88 Å². The number of thiazole rings is 1. The van der Waals surface area contributed by atoms with E-state index in [0.29, 0.717) is 11.7 Å². The van der Waals surface area contributed by atoms with Crippen molar-refractivity contribution in [2.24, 2.45) is 5.92 Å². The molecule has 0 aliphatic heterocycles. The molecule has 0 aliphatic rings. The molecule has 1 heterocycles. The third-order valence-corrected chi connectivity index (χ3v) is 5.51. The van der Waals surface area contributed by atoms with Gasteiger partial charge in [-0.25, -0.2) is 9.78 Å². The Hall–Kier alpha value is -2.41. The van der Waals surface area contributed by atoms with Crippen molar-refractivity contribution in [3.63, 3.8) is 0 Å². The predicted molar refractivity (Wildman–Crippen MR) is 126 cm³/mol. The lowest BCUT2D eigenvalue weighted by Crippen LogP contribution is -2.42. The predicted octanol–water partition coefficient (Wildman–Crippen LogP) is 5.83. The van der Waals surface area contributed by atoms with Gasteiger partial charge in [0.15, 0.2) is 5.13 Å². The summed E-state index contributed by atoms with van der Waals surface area (Å²) >= 11 is 1.42. The highest BCUT2D eigenvalue weighted by Gasteiger charge is 2.22. The number of amides is 3. The summed E-state index contributed by atoms with van der Waals surface area (Å²) in [4.78, 5) is 32.5. The number of hydrogen-bond acceptors (Lipinski definition) is 4. The maximum absolute atomic E-state index is 13.2. The van der Waals surface area contributed by atoms with Gasteiger partial charge in [-0.15, -0.1) is 11.3 Å². The van der Waals surface area contributed by atoms with Crippen LogP contribution < -0.4 is 10.6 Å². The van der Waals surface area contributed by atoms with Gasteiger partial charge >= 0.3 is 6.03 Å². The van der Waals surface area contributed by atoms with Gasteiger partial charge < -0.3 is 15.5 Å². The number of hydrogen-bond donors (Lipinski definition) is 2. The molecule has 2 N–H and O–H groups in total. The lowest BCUT2D eigenvalue weighted by atomic mass is 9.93. The molecule has 0 aliphatic carbocycles. The van der Waals surface area contributed by atoms with Crippen molar-refractivity contribution in [3.05, 3.63) is 40.4 Å². The molecule has 6 nitrogen and oxygen atoms in total. The van der Waals surface area contributed by atoms with Crippen LogP contribution in [0.25, 0.3) is 0 Å². The maximum atomic E-state index is 13.2. The van der Waals surface area contributed by atoms with E-state index in [9.17, 15) is 9.59 Å². The van der Waals surface area contributed by atoms with E-state index < -0.39 is 0 Å². The van der Waals surface area contributed by atoms with Crippen molar-refractivity contribution in [3.8, 4) is 0 Å². The van der Waals surface area contributed by atoms with Gasteiger partial charge in [-0.05, 0) is 35.8 Å². The number of benzene rings is 1. The van der Waals surface area contributed by atoms with Crippen molar-refractivity contribution < 1.29 is 9.59 Å². The van der Waals surface area contributed by atoms with Crippen molar-refractivity contribution >= 4 is 34.1 Å². The van der Waals surface area contributed by atoms with Crippen LogP contribution in [0.4, 0.5) is 15.6 Å². The monoisotopic (exact) mass is 430 g/mol. The Morgan fingerprint density at radius 2 is 1.63 bits per heavy atom. The number of carbonyl (C=O) groups excluding carboxylic acids is 2. The van der Waals surface area contributed by atoms with E-state index in [1.807, 2.05) is 26.8 Å². The van der Waals surface area contributed by atoms with Crippen LogP contribution in [0.5, 0.6) is 0 Å². The number of anilines is 2. The Morgan fingerprint density at radius 3 is 2.10 bits per heavy atom. The highest BCUT2D eigenvalue weighted by molar-refractivity contribution is 7.15. The van der Waals surface area contributed by atoms with E-state index in [-0.39, 0.29) is 36.2 Å². The Bertz CT molecular complexity index is 848. The van der Waals surface area contributed by atoms with Crippen molar-refractivity contribution in [1.29, 1.82) is 0 Å². The summed E-state index contributed by atoms with van der Waals surface area (Å²) in [7, 11) is 0. The molecule has 0 unspecified atom stereocenters. The zero-order valence-corrected chi connectivity index (χ0v) is 19.9. The molecule has 0 spiro atoms. The largest absolute Gasteiger partial charge is 0.322 e. The summed E-state index contributed by atoms with van der Waals surface area (Å²) < 4.78 is 0. The molecular weight excluding hydrogens is 396 g/mol. The number of rotatable bonds is 8. The fourth-order valence-electron chi connectivity index (χ4n) is 3.29. The summed E-state index contributed by atoms with van der Waals surface area (Å²) in [6.07, 6.45) is 1.72. The summed E-state index contributed by atoms with van der Waals surface area (Å²) in [5.41, 5.74) is 3.06. The minimum Gasteiger partial charge on any atom is -0.315 e. The SMILES string of the molecule is Cc1cnc(NC(=O)CN(CC(C)C)C(=O)Nc2c(C(C)C)cccc2C(C)C)s1. The molecule has 3 amide bonds. The van der Waals surface area contributed by atoms with Gasteiger partial charge in [-0.2, -0.15) is 0 Å². The summed E-state index contributed by atoms with van der Waals surface area (Å²) in [6, 6.07) is 5.88. The first-order valence-electron chi connectivity index (χ1n) is 10.5. The number of carbonyl (C=O) groups is 2. The van der Waals surface area contributed by atoms with Gasteiger partial charge in [-0.3, -0.25) is 4.79 Å². The van der Waals surface area contributed by atoms with E-state index in [0.717, 1.165) is 21.7 Å². The first kappa shape index (κ1) is 23.9. The third-order valence-electron chi connectivity index (χ3n) is 4.68. The minimum absolute atomic E-state index is 0.0243. The lowest BCUT2D eigenvalue weighted by Gasteiger charge is -2.27. The van der Waals surface area contributed by atoms with E-state index >= 15 is 0 Å². The molecule has 0 bridgehead atoms. The Labute approximate surface area is 184 Å². The molecule has 2 aromatic rings. The van der Waals surface area contributed by atoms with Crippen LogP contribution in [-0.2, 0) is 4.79 Å². The maximum Gasteiger partial charge on any atom is 0.322 e. The quantitative estimate of drug-likeness (QED) is 0.553. The van der Waals surface area contributed by atoms with Crippen molar-refractivity contribution in [2.45, 2.75) is 60.3 Å². The van der Waals surface area contributed by atoms with Crippen LogP contribution >= 0.6 is 11.3 Å². The molecule has 1 aromatic heterocycles. The standard InChI is InChI=1S/C23H34N4O2S/c1-14(2)12-27(13-20(28)25-22-24-11-17(7)30-22)23(29)26-21-18(15(3)4)9-8-10-19(21)16(5)6/h8-11,14-16H,12-13H2,1-7H3,(H,26,29)(H,24,25,28). The van der Waals surface area contributed by atoms with Gasteiger partial charge in [0.05, 0.1) is 0 Å². The average Bonchev–Trinajstić information content (AvgIpc) is 3.04. The number of para-hydroxylation sites is 1. The second-order valence-corrected chi connectivity index (χ2v) is 9.88. The van der Waals surface area contributed by atoms with Crippen LogP contribution in [0.3, 0.4) is 0 Å². The molecule has 7 heteroatoms. The normalized spacial score (nSPS) is 11.3. The molecule has 30 heavy (non-hydrogen) atoms. The highest BCUT2D eigenvalue weighted by Crippen LogP contribution is 2.32. The number of nitrogens with one attached hydrogen (secondary N) is 2. The average molecular weight is 431 g/mol. The number of urea groups is 1. The van der Waals surface area contributed by atoms with Crippen LogP contribution in [-0.4, -0.2) is 34.9 Å². The van der Waals surface area contributed by atoms with Gasteiger partial charge in [0.25, 0.3) is 0 Å². The molecule has 164 valence electrons. The number of nitrogens with zero attached hydrogens (tertiary/aromatic N) is 2. The van der Waals surface area contributed by atoms with Gasteiger partial charge in [0.1, 0.15) is 6.54 Å². The van der Waals surface area contributed by atoms with Crippen LogP contribution in [0.2, 0.25) is 0 Å². The first-order valence-corrected chi connectivity index (χ1v) is 11.3. The van der Waals surface area contributed by atoms with Gasteiger partial charge in [0.2, 0.25) is 5.91 Å². The van der Waals surface area contributed by atoms with Crippen molar-refractivity contribution in [2.75, 3.05) is 23.7 Å². The second kappa shape index (κ2) is 10.6. The topological polar surface area (TPSA) is 74.3 Å². The molecule has 0 saturated heterocycles. The number of aromatic nitrogens is 1.